The molecule has 0 amide bonds. The summed E-state index contributed by atoms with van der Waals surface area (Å²) in [4.78, 5) is 0. The van der Waals surface area contributed by atoms with Crippen molar-refractivity contribution in [3.05, 3.63) is 0 Å². The summed E-state index contributed by atoms with van der Waals surface area (Å²) in [6.45, 7) is 14.3. The van der Waals surface area contributed by atoms with Crippen LogP contribution in [0.15, 0.2) is 0 Å². The molecule has 12 heavy (non-hydrogen) atoms. The first-order valence-electron chi connectivity index (χ1n) is 4.74. The van der Waals surface area contributed by atoms with Crippen LogP contribution < -0.4 is 0 Å². The quantitative estimate of drug-likeness (QED) is 0.636. The minimum Gasteiger partial charge on any atom is -0.420 e. The van der Waals surface area contributed by atoms with Gasteiger partial charge in [0.2, 0.25) is 0 Å². The average molecular weight is 204 g/mol. The summed E-state index contributed by atoms with van der Waals surface area (Å²) in [6, 6.07) is 1.40. The van der Waals surface area contributed by atoms with E-state index in [0.29, 0.717) is 0 Å². The zero-order valence-corrected chi connectivity index (χ0v) is 11.7. The molecule has 0 spiro atoms. The predicted octanol–water partition coefficient (Wildman–Crippen LogP) is 3.57. The average Bonchev–Trinajstić information content (AvgIpc) is 1.84. The Kier molecular flexibility index (Phi) is 4.20. The molecule has 0 bridgehead atoms. The van der Waals surface area contributed by atoms with Gasteiger partial charge in [-0.25, -0.2) is 0 Å². The Morgan fingerprint density at radius 3 is 1.75 bits per heavy atom. The summed E-state index contributed by atoms with van der Waals surface area (Å²) >= 11 is 0. The summed E-state index contributed by atoms with van der Waals surface area (Å²) in [5.41, 5.74) is 0.800. The van der Waals surface area contributed by atoms with Gasteiger partial charge in [-0.1, -0.05) is 32.6 Å². The van der Waals surface area contributed by atoms with E-state index in [1.165, 1.54) is 6.04 Å². The van der Waals surface area contributed by atoms with Gasteiger partial charge in [0.25, 0.3) is 0 Å². The van der Waals surface area contributed by atoms with E-state index in [2.05, 4.69) is 39.7 Å². The lowest BCUT2D eigenvalue weighted by Crippen LogP contribution is -2.37. The molecule has 0 aliphatic heterocycles. The van der Waals surface area contributed by atoms with Crippen LogP contribution in [0.3, 0.4) is 0 Å². The van der Waals surface area contributed by atoms with Crippen LogP contribution >= 0.6 is 0 Å². The fraction of sp³-hybridized carbons (Fsp3) is 1.00. The molecule has 74 valence electrons. The molecule has 0 saturated carbocycles. The second-order valence-corrected chi connectivity index (χ2v) is 15.6. The molecule has 0 fully saturated rings. The Bertz CT molecular complexity index is 138. The van der Waals surface area contributed by atoms with Crippen molar-refractivity contribution in [3.63, 3.8) is 0 Å². The lowest BCUT2D eigenvalue weighted by atomic mass is 10.5. The summed E-state index contributed by atoms with van der Waals surface area (Å²) in [5, 5.41) is 0. The van der Waals surface area contributed by atoms with Crippen LogP contribution in [0.5, 0.6) is 0 Å². The Morgan fingerprint density at radius 1 is 1.08 bits per heavy atom. The van der Waals surface area contributed by atoms with Gasteiger partial charge in [0.1, 0.15) is 0 Å². The molecule has 0 saturated heterocycles. The second kappa shape index (κ2) is 4.07. The maximum atomic E-state index is 5.61. The van der Waals surface area contributed by atoms with Gasteiger partial charge < -0.3 is 4.43 Å². The van der Waals surface area contributed by atoms with Crippen LogP contribution in [0.4, 0.5) is 0 Å². The van der Waals surface area contributed by atoms with E-state index < -0.39 is 16.4 Å². The lowest BCUT2D eigenvalue weighted by Gasteiger charge is -2.31. The molecule has 3 heteroatoms. The van der Waals surface area contributed by atoms with E-state index in [0.717, 1.165) is 5.54 Å². The van der Waals surface area contributed by atoms with E-state index in [1.54, 1.807) is 0 Å². The molecule has 0 N–H and O–H groups in total. The smallest absolute Gasteiger partial charge is 0.188 e. The van der Waals surface area contributed by atoms with Crippen molar-refractivity contribution in [1.82, 2.24) is 0 Å². The van der Waals surface area contributed by atoms with E-state index in [4.69, 9.17) is 4.43 Å². The van der Waals surface area contributed by atoms with Gasteiger partial charge in [0.05, 0.1) is 0 Å². The minimum atomic E-state index is -1.36. The summed E-state index contributed by atoms with van der Waals surface area (Å²) < 4.78 is 5.61. The van der Waals surface area contributed by atoms with E-state index in [1.807, 2.05) is 7.11 Å². The van der Waals surface area contributed by atoms with E-state index >= 15 is 0 Å². The van der Waals surface area contributed by atoms with E-state index in [9.17, 15) is 0 Å². The molecule has 0 aromatic carbocycles. The van der Waals surface area contributed by atoms with Crippen molar-refractivity contribution < 1.29 is 4.43 Å². The molecule has 1 atom stereocenters. The van der Waals surface area contributed by atoms with Crippen LogP contribution in [0.25, 0.3) is 0 Å². The summed E-state index contributed by atoms with van der Waals surface area (Å²) in [5.74, 6) is 0. The Morgan fingerprint density at radius 2 is 1.50 bits per heavy atom. The van der Waals surface area contributed by atoms with Crippen molar-refractivity contribution in [2.75, 3.05) is 7.11 Å². The van der Waals surface area contributed by atoms with E-state index in [-0.39, 0.29) is 0 Å². The van der Waals surface area contributed by atoms with Crippen LogP contribution in [-0.4, -0.2) is 23.5 Å². The summed E-state index contributed by atoms with van der Waals surface area (Å²) in [6.07, 6.45) is 0. The molecule has 0 aliphatic carbocycles. The van der Waals surface area contributed by atoms with Gasteiger partial charge in [0.15, 0.2) is 8.32 Å². The van der Waals surface area contributed by atoms with Gasteiger partial charge in [-0.05, 0) is 18.6 Å². The number of hydrogen-bond donors (Lipinski definition) is 0. The normalized spacial score (nSPS) is 16.2. The Balaban J connectivity index is 4.13. The molecule has 0 aromatic heterocycles. The fourth-order valence-corrected chi connectivity index (χ4v) is 7.41. The monoisotopic (exact) mass is 204 g/mol. The van der Waals surface area contributed by atoms with Gasteiger partial charge >= 0.3 is 0 Å². The predicted molar refractivity (Wildman–Crippen MR) is 62.1 cm³/mol. The first kappa shape index (κ1) is 12.4. The molecule has 0 rings (SSSR count). The van der Waals surface area contributed by atoms with Crippen molar-refractivity contribution >= 4 is 16.4 Å². The van der Waals surface area contributed by atoms with Gasteiger partial charge in [-0.2, -0.15) is 0 Å². The highest BCUT2D eigenvalue weighted by Gasteiger charge is 2.32. The van der Waals surface area contributed by atoms with Crippen LogP contribution in [0, 0.1) is 0 Å². The second-order valence-electron chi connectivity index (χ2n) is 5.47. The van der Waals surface area contributed by atoms with Gasteiger partial charge in [-0.3, -0.25) is 0 Å². The molecular formula is C9H24OSi2. The largest absolute Gasteiger partial charge is 0.420 e. The van der Waals surface area contributed by atoms with Crippen molar-refractivity contribution in [2.24, 2.45) is 0 Å². The highest BCUT2D eigenvalue weighted by Crippen LogP contribution is 2.30. The van der Waals surface area contributed by atoms with Crippen molar-refractivity contribution in [3.8, 4) is 0 Å². The molecule has 1 unspecified atom stereocenters. The Hall–Kier alpha value is 0.394. The maximum absolute atomic E-state index is 5.61. The van der Waals surface area contributed by atoms with Gasteiger partial charge in [-0.15, -0.1) is 0 Å². The van der Waals surface area contributed by atoms with Crippen molar-refractivity contribution in [1.29, 1.82) is 0 Å². The standard InChI is InChI=1S/C9H24OSi2/c1-9(8-11(3,4)5)12(6,7)10-2/h9H,8H2,1-7H3. The molecule has 0 aromatic rings. The van der Waals surface area contributed by atoms with Crippen LogP contribution in [0.2, 0.25) is 44.3 Å². The topological polar surface area (TPSA) is 9.23 Å². The molecule has 0 aliphatic rings. The van der Waals surface area contributed by atoms with Gasteiger partial charge in [0, 0.05) is 15.2 Å². The zero-order chi connectivity index (χ0) is 9.99. The zero-order valence-electron chi connectivity index (χ0n) is 9.69. The number of hydrogen-bond acceptors (Lipinski definition) is 1. The highest BCUT2D eigenvalue weighted by atomic mass is 28.4. The van der Waals surface area contributed by atoms with Crippen LogP contribution in [0.1, 0.15) is 6.92 Å². The lowest BCUT2D eigenvalue weighted by molar-refractivity contribution is 0.394. The number of rotatable bonds is 4. The third kappa shape index (κ3) is 4.43. The molecular weight excluding hydrogens is 180 g/mol. The molecule has 0 radical (unpaired) electrons. The van der Waals surface area contributed by atoms with Crippen LogP contribution in [-0.2, 0) is 4.43 Å². The SMILES string of the molecule is CO[Si](C)(C)C(C)C[Si](C)(C)C. The summed E-state index contributed by atoms with van der Waals surface area (Å²) in [7, 11) is -0.379. The Labute approximate surface area is 79.7 Å². The third-order valence-electron chi connectivity index (χ3n) is 2.63. The maximum Gasteiger partial charge on any atom is 0.188 e. The molecule has 0 heterocycles. The first-order chi connectivity index (χ1) is 5.19. The molecule has 1 nitrogen and oxygen atoms in total. The first-order valence-corrected chi connectivity index (χ1v) is 11.4. The highest BCUT2D eigenvalue weighted by molar-refractivity contribution is 6.80. The minimum absolute atomic E-state index is 0.800. The third-order valence-corrected chi connectivity index (χ3v) is 8.51. The fourth-order valence-electron chi connectivity index (χ4n) is 1.37. The van der Waals surface area contributed by atoms with Crippen molar-refractivity contribution in [2.45, 2.75) is 51.2 Å².